The van der Waals surface area contributed by atoms with Gasteiger partial charge < -0.3 is 47.8 Å². The van der Waals surface area contributed by atoms with E-state index in [0.717, 1.165) is 0 Å². The number of phenolic OH excluding ortho intramolecular Hbond substituents is 2. The molecule has 0 aliphatic rings. The number of nitrogens with one attached hydrogen (secondary N) is 3. The first-order chi connectivity index (χ1) is 18.9. The normalized spacial score (nSPS) is 13.8. The Labute approximate surface area is 229 Å². The van der Waals surface area contributed by atoms with E-state index in [-0.39, 0.29) is 37.2 Å². The van der Waals surface area contributed by atoms with Crippen molar-refractivity contribution in [2.24, 2.45) is 11.5 Å². The SMILES string of the molecule is NC(=O)CCC(N)C(=O)NC(Cc1ccc(O)cc1)C(=O)NC(CO)C(=O)NC(Cc1ccc(O)cc1)C(=O)O. The van der Waals surface area contributed by atoms with Gasteiger partial charge in [-0.05, 0) is 41.8 Å². The van der Waals surface area contributed by atoms with Crippen LogP contribution in [0.1, 0.15) is 24.0 Å². The summed E-state index contributed by atoms with van der Waals surface area (Å²) >= 11 is 0. The van der Waals surface area contributed by atoms with E-state index in [2.05, 4.69) is 16.0 Å². The lowest BCUT2D eigenvalue weighted by Crippen LogP contribution is -2.58. The number of aromatic hydroxyl groups is 2. The summed E-state index contributed by atoms with van der Waals surface area (Å²) in [6, 6.07) is 5.96. The Bertz CT molecular complexity index is 1190. The van der Waals surface area contributed by atoms with E-state index in [4.69, 9.17) is 11.5 Å². The van der Waals surface area contributed by atoms with E-state index < -0.39 is 60.4 Å². The molecule has 2 aromatic rings. The number of rotatable bonds is 15. The first-order valence-electron chi connectivity index (χ1n) is 12.2. The lowest BCUT2D eigenvalue weighted by atomic mass is 10.0. The maximum Gasteiger partial charge on any atom is 0.326 e. The third-order valence-electron chi connectivity index (χ3n) is 5.85. The van der Waals surface area contributed by atoms with Gasteiger partial charge in [0.15, 0.2) is 0 Å². The molecule has 0 radical (unpaired) electrons. The lowest BCUT2D eigenvalue weighted by molar-refractivity contribution is -0.142. The van der Waals surface area contributed by atoms with Crippen molar-refractivity contribution < 1.29 is 44.4 Å². The lowest BCUT2D eigenvalue weighted by Gasteiger charge is -2.24. The van der Waals surface area contributed by atoms with Crippen LogP contribution in [0, 0.1) is 0 Å². The number of hydrogen-bond donors (Lipinski definition) is 9. The summed E-state index contributed by atoms with van der Waals surface area (Å²) in [7, 11) is 0. The molecule has 14 nitrogen and oxygen atoms in total. The van der Waals surface area contributed by atoms with Gasteiger partial charge in [-0.2, -0.15) is 0 Å². The number of aliphatic hydroxyl groups is 1. The van der Waals surface area contributed by atoms with Gasteiger partial charge in [-0.15, -0.1) is 0 Å². The summed E-state index contributed by atoms with van der Waals surface area (Å²) in [5, 5.41) is 45.3. The molecule has 0 aliphatic heterocycles. The van der Waals surface area contributed by atoms with Gasteiger partial charge in [0.05, 0.1) is 12.6 Å². The van der Waals surface area contributed by atoms with Crippen molar-refractivity contribution in [3.8, 4) is 11.5 Å². The summed E-state index contributed by atoms with van der Waals surface area (Å²) in [4.78, 5) is 61.3. The van der Waals surface area contributed by atoms with Crippen molar-refractivity contribution in [2.75, 3.05) is 6.61 Å². The monoisotopic (exact) mass is 559 g/mol. The molecule has 216 valence electrons. The fourth-order valence-corrected chi connectivity index (χ4v) is 3.59. The molecular formula is C26H33N5O9. The van der Waals surface area contributed by atoms with Crippen LogP contribution in [0.15, 0.2) is 48.5 Å². The number of nitrogens with two attached hydrogens (primary N) is 2. The number of aliphatic carboxylic acids is 1. The highest BCUT2D eigenvalue weighted by molar-refractivity contribution is 5.94. The number of amides is 4. The third-order valence-corrected chi connectivity index (χ3v) is 5.85. The van der Waals surface area contributed by atoms with Crippen molar-refractivity contribution in [1.82, 2.24) is 16.0 Å². The smallest absolute Gasteiger partial charge is 0.326 e. The number of carbonyl (C=O) groups is 5. The van der Waals surface area contributed by atoms with Gasteiger partial charge in [0.2, 0.25) is 23.6 Å². The zero-order valence-electron chi connectivity index (χ0n) is 21.4. The second kappa shape index (κ2) is 15.0. The summed E-state index contributed by atoms with van der Waals surface area (Å²) < 4.78 is 0. The zero-order chi connectivity index (χ0) is 29.8. The summed E-state index contributed by atoms with van der Waals surface area (Å²) in [6.07, 6.45) is -0.478. The number of hydrogen-bond acceptors (Lipinski definition) is 9. The molecule has 40 heavy (non-hydrogen) atoms. The first-order valence-corrected chi connectivity index (χ1v) is 12.2. The highest BCUT2D eigenvalue weighted by Gasteiger charge is 2.30. The average Bonchev–Trinajstić information content (AvgIpc) is 2.91. The molecule has 4 atom stereocenters. The number of carboxylic acid groups (broad SMARTS) is 1. The molecule has 0 spiro atoms. The highest BCUT2D eigenvalue weighted by Crippen LogP contribution is 2.13. The van der Waals surface area contributed by atoms with Crippen LogP contribution in [0.3, 0.4) is 0 Å². The zero-order valence-corrected chi connectivity index (χ0v) is 21.4. The van der Waals surface area contributed by atoms with Crippen LogP contribution in [0.2, 0.25) is 0 Å². The van der Waals surface area contributed by atoms with Gasteiger partial charge in [-0.3, -0.25) is 19.2 Å². The molecule has 0 saturated heterocycles. The van der Waals surface area contributed by atoms with Gasteiger partial charge in [0.25, 0.3) is 0 Å². The van der Waals surface area contributed by atoms with Gasteiger partial charge in [-0.1, -0.05) is 24.3 Å². The van der Waals surface area contributed by atoms with Gasteiger partial charge in [0, 0.05) is 19.3 Å². The van der Waals surface area contributed by atoms with Crippen molar-refractivity contribution in [3.05, 3.63) is 59.7 Å². The Morgan fingerprint density at radius 3 is 1.57 bits per heavy atom. The molecular weight excluding hydrogens is 526 g/mol. The maximum absolute atomic E-state index is 13.1. The van der Waals surface area contributed by atoms with Crippen LogP contribution in [0.4, 0.5) is 0 Å². The predicted octanol–water partition coefficient (Wildman–Crippen LogP) is -1.99. The largest absolute Gasteiger partial charge is 0.508 e. The van der Waals surface area contributed by atoms with E-state index in [1.54, 1.807) is 0 Å². The van der Waals surface area contributed by atoms with Gasteiger partial charge >= 0.3 is 5.97 Å². The minimum Gasteiger partial charge on any atom is -0.508 e. The Morgan fingerprint density at radius 2 is 1.12 bits per heavy atom. The van der Waals surface area contributed by atoms with E-state index in [0.29, 0.717) is 11.1 Å². The van der Waals surface area contributed by atoms with Crippen LogP contribution in [0.5, 0.6) is 11.5 Å². The van der Waals surface area contributed by atoms with Crippen molar-refractivity contribution >= 4 is 29.6 Å². The highest BCUT2D eigenvalue weighted by atomic mass is 16.4. The number of primary amides is 1. The van der Waals surface area contributed by atoms with Crippen LogP contribution in [0.25, 0.3) is 0 Å². The molecule has 0 aliphatic carbocycles. The number of phenols is 2. The first kappa shape index (κ1) is 31.5. The minimum atomic E-state index is -1.57. The fourth-order valence-electron chi connectivity index (χ4n) is 3.59. The number of carbonyl (C=O) groups excluding carboxylic acids is 4. The summed E-state index contributed by atoms with van der Waals surface area (Å²) in [5.41, 5.74) is 11.9. The molecule has 14 heteroatoms. The van der Waals surface area contributed by atoms with E-state index >= 15 is 0 Å². The molecule has 4 unspecified atom stereocenters. The predicted molar refractivity (Wildman–Crippen MR) is 141 cm³/mol. The van der Waals surface area contributed by atoms with Crippen LogP contribution in [-0.2, 0) is 36.8 Å². The Hall–Kier alpha value is -4.69. The fraction of sp³-hybridized carbons (Fsp3) is 0.346. The van der Waals surface area contributed by atoms with Gasteiger partial charge in [-0.25, -0.2) is 4.79 Å². The average molecular weight is 560 g/mol. The molecule has 0 saturated carbocycles. The van der Waals surface area contributed by atoms with E-state index in [1.165, 1.54) is 48.5 Å². The van der Waals surface area contributed by atoms with Crippen LogP contribution in [-0.4, -0.2) is 80.8 Å². The molecule has 4 amide bonds. The second-order valence-electron chi connectivity index (χ2n) is 9.06. The van der Waals surface area contributed by atoms with Gasteiger partial charge in [0.1, 0.15) is 29.6 Å². The van der Waals surface area contributed by atoms with Crippen molar-refractivity contribution in [1.29, 1.82) is 0 Å². The Balaban J connectivity index is 2.15. The molecule has 0 fully saturated rings. The topological polar surface area (TPSA) is 254 Å². The third kappa shape index (κ3) is 10.2. The van der Waals surface area contributed by atoms with Crippen LogP contribution < -0.4 is 27.4 Å². The second-order valence-corrected chi connectivity index (χ2v) is 9.06. The molecule has 0 bridgehead atoms. The van der Waals surface area contributed by atoms with E-state index in [1.807, 2.05) is 0 Å². The standard InChI is InChI=1S/C26H33N5O9/c27-18(9-10-22(28)35)23(36)29-19(11-14-1-5-16(33)6-2-14)24(37)31-21(13-32)25(38)30-20(26(39)40)12-15-3-7-17(34)8-4-15/h1-8,18-21,32-34H,9-13,27H2,(H2,28,35)(H,29,36)(H,30,38)(H,31,37)(H,39,40). The number of aliphatic hydroxyl groups excluding tert-OH is 1. The molecule has 11 N–H and O–H groups in total. The molecule has 2 rings (SSSR count). The molecule has 0 heterocycles. The minimum absolute atomic E-state index is 0.0227. The Kier molecular flexibility index (Phi) is 11.9. The number of benzene rings is 2. The molecule has 0 aromatic heterocycles. The van der Waals surface area contributed by atoms with E-state index in [9.17, 15) is 44.4 Å². The Morgan fingerprint density at radius 1 is 0.700 bits per heavy atom. The molecule has 2 aromatic carbocycles. The van der Waals surface area contributed by atoms with Crippen LogP contribution >= 0.6 is 0 Å². The van der Waals surface area contributed by atoms with Crippen molar-refractivity contribution in [2.45, 2.75) is 49.9 Å². The maximum atomic E-state index is 13.1. The quantitative estimate of drug-likeness (QED) is 0.116. The number of carboxylic acids is 1. The summed E-state index contributed by atoms with van der Waals surface area (Å²) in [6.45, 7) is -0.888. The summed E-state index contributed by atoms with van der Waals surface area (Å²) in [5.74, 6) is -4.73. The van der Waals surface area contributed by atoms with Crippen molar-refractivity contribution in [3.63, 3.8) is 0 Å².